The smallest absolute Gasteiger partial charge is 0.141 e. The standard InChI is InChI=1S/C8H10ClNO2/c1-2-12-10-7-5-6(9)3-4-8(7)11/h3-5,10-11H,2H2,1H3. The van der Waals surface area contributed by atoms with Crippen LogP contribution in [0.5, 0.6) is 5.75 Å². The van der Waals surface area contributed by atoms with Gasteiger partial charge in [0.15, 0.2) is 0 Å². The molecule has 0 unspecified atom stereocenters. The van der Waals surface area contributed by atoms with Gasteiger partial charge in [-0.2, -0.15) is 0 Å². The molecule has 0 saturated carbocycles. The van der Waals surface area contributed by atoms with Crippen LogP contribution in [0.2, 0.25) is 5.02 Å². The van der Waals surface area contributed by atoms with Crippen molar-refractivity contribution in [3.8, 4) is 5.75 Å². The van der Waals surface area contributed by atoms with Crippen LogP contribution in [0.25, 0.3) is 0 Å². The number of anilines is 1. The molecular weight excluding hydrogens is 178 g/mol. The highest BCUT2D eigenvalue weighted by molar-refractivity contribution is 6.30. The second-order valence-electron chi connectivity index (χ2n) is 2.20. The Morgan fingerprint density at radius 2 is 2.33 bits per heavy atom. The highest BCUT2D eigenvalue weighted by Gasteiger charge is 1.99. The van der Waals surface area contributed by atoms with Gasteiger partial charge in [0.2, 0.25) is 0 Å². The second-order valence-corrected chi connectivity index (χ2v) is 2.63. The van der Waals surface area contributed by atoms with Gasteiger partial charge >= 0.3 is 0 Å². The van der Waals surface area contributed by atoms with Crippen LogP contribution in [-0.2, 0) is 4.84 Å². The summed E-state index contributed by atoms with van der Waals surface area (Å²) in [6, 6.07) is 4.70. The number of hydrogen-bond acceptors (Lipinski definition) is 3. The molecule has 0 aliphatic heterocycles. The zero-order valence-corrected chi connectivity index (χ0v) is 7.43. The summed E-state index contributed by atoms with van der Waals surface area (Å²) in [5, 5.41) is 9.81. The fraction of sp³-hybridized carbons (Fsp3) is 0.250. The molecule has 3 nitrogen and oxygen atoms in total. The van der Waals surface area contributed by atoms with E-state index in [0.717, 1.165) is 0 Å². The van der Waals surface area contributed by atoms with Gasteiger partial charge in [0, 0.05) is 5.02 Å². The first-order valence-electron chi connectivity index (χ1n) is 3.60. The number of aromatic hydroxyl groups is 1. The third-order valence-electron chi connectivity index (χ3n) is 1.29. The van der Waals surface area contributed by atoms with E-state index in [0.29, 0.717) is 17.3 Å². The lowest BCUT2D eigenvalue weighted by Crippen LogP contribution is -1.99. The van der Waals surface area contributed by atoms with Crippen LogP contribution in [0.1, 0.15) is 6.92 Å². The summed E-state index contributed by atoms with van der Waals surface area (Å²) in [5.74, 6) is 0.118. The number of phenols is 1. The lowest BCUT2D eigenvalue weighted by molar-refractivity contribution is 0.209. The van der Waals surface area contributed by atoms with E-state index in [4.69, 9.17) is 16.4 Å². The fourth-order valence-corrected chi connectivity index (χ4v) is 0.912. The Morgan fingerprint density at radius 3 is 3.00 bits per heavy atom. The number of benzene rings is 1. The van der Waals surface area contributed by atoms with Gasteiger partial charge in [-0.3, -0.25) is 10.3 Å². The van der Waals surface area contributed by atoms with Gasteiger partial charge in [0.25, 0.3) is 0 Å². The summed E-state index contributed by atoms with van der Waals surface area (Å²) in [6.07, 6.45) is 0. The maximum Gasteiger partial charge on any atom is 0.141 e. The van der Waals surface area contributed by atoms with E-state index in [1.807, 2.05) is 6.92 Å². The molecule has 0 radical (unpaired) electrons. The number of nitrogens with one attached hydrogen (secondary N) is 1. The molecule has 0 aliphatic carbocycles. The van der Waals surface area contributed by atoms with Crippen LogP contribution >= 0.6 is 11.6 Å². The van der Waals surface area contributed by atoms with Gasteiger partial charge in [-0.05, 0) is 25.1 Å². The van der Waals surface area contributed by atoms with Crippen molar-refractivity contribution in [2.45, 2.75) is 6.92 Å². The minimum absolute atomic E-state index is 0.118. The highest BCUT2D eigenvalue weighted by Crippen LogP contribution is 2.26. The quantitative estimate of drug-likeness (QED) is 0.564. The topological polar surface area (TPSA) is 41.5 Å². The fourth-order valence-electron chi connectivity index (χ4n) is 0.740. The van der Waals surface area contributed by atoms with E-state index < -0.39 is 0 Å². The molecule has 1 rings (SSSR count). The van der Waals surface area contributed by atoms with Crippen LogP contribution in [0.4, 0.5) is 5.69 Å². The van der Waals surface area contributed by atoms with Crippen molar-refractivity contribution >= 4 is 17.3 Å². The zero-order chi connectivity index (χ0) is 8.97. The predicted molar refractivity (Wildman–Crippen MR) is 48.4 cm³/mol. The van der Waals surface area contributed by atoms with Crippen molar-refractivity contribution in [2.24, 2.45) is 0 Å². The molecule has 0 aromatic heterocycles. The Hall–Kier alpha value is -0.930. The Morgan fingerprint density at radius 1 is 1.58 bits per heavy atom. The lowest BCUT2D eigenvalue weighted by atomic mass is 10.3. The first-order chi connectivity index (χ1) is 5.74. The van der Waals surface area contributed by atoms with Crippen molar-refractivity contribution in [1.29, 1.82) is 0 Å². The summed E-state index contributed by atoms with van der Waals surface area (Å²) < 4.78 is 0. The summed E-state index contributed by atoms with van der Waals surface area (Å²) in [7, 11) is 0. The molecule has 1 aromatic carbocycles. The molecule has 0 heterocycles. The molecule has 0 saturated heterocycles. The van der Waals surface area contributed by atoms with E-state index >= 15 is 0 Å². The third-order valence-corrected chi connectivity index (χ3v) is 1.52. The average molecular weight is 188 g/mol. The largest absolute Gasteiger partial charge is 0.506 e. The molecule has 0 atom stereocenters. The van der Waals surface area contributed by atoms with Crippen molar-refractivity contribution in [3.05, 3.63) is 23.2 Å². The molecule has 0 bridgehead atoms. The van der Waals surface area contributed by atoms with Crippen molar-refractivity contribution < 1.29 is 9.94 Å². The first-order valence-corrected chi connectivity index (χ1v) is 3.98. The molecule has 2 N–H and O–H groups in total. The number of rotatable bonds is 3. The summed E-state index contributed by atoms with van der Waals surface area (Å²) >= 11 is 5.69. The Labute approximate surface area is 75.9 Å². The lowest BCUT2D eigenvalue weighted by Gasteiger charge is -2.06. The molecule has 0 amide bonds. The number of hydrogen-bond donors (Lipinski definition) is 2. The molecule has 1 aromatic rings. The van der Waals surface area contributed by atoms with E-state index in [-0.39, 0.29) is 5.75 Å². The van der Waals surface area contributed by atoms with E-state index in [1.165, 1.54) is 6.07 Å². The average Bonchev–Trinajstić information content (AvgIpc) is 2.07. The summed E-state index contributed by atoms with van der Waals surface area (Å²) in [5.41, 5.74) is 3.05. The van der Waals surface area contributed by atoms with E-state index in [9.17, 15) is 5.11 Å². The number of phenolic OH excluding ortho intramolecular Hbond substituents is 1. The molecule has 12 heavy (non-hydrogen) atoms. The van der Waals surface area contributed by atoms with E-state index in [1.54, 1.807) is 12.1 Å². The predicted octanol–water partition coefficient (Wildman–Crippen LogP) is 2.41. The number of halogens is 1. The van der Waals surface area contributed by atoms with Gasteiger partial charge in [-0.1, -0.05) is 11.6 Å². The third kappa shape index (κ3) is 2.29. The first kappa shape index (κ1) is 9.16. The molecule has 0 aliphatic rings. The Kier molecular flexibility index (Phi) is 3.19. The highest BCUT2D eigenvalue weighted by atomic mass is 35.5. The summed E-state index contributed by atoms with van der Waals surface area (Å²) in [6.45, 7) is 2.36. The van der Waals surface area contributed by atoms with Crippen LogP contribution in [0.3, 0.4) is 0 Å². The van der Waals surface area contributed by atoms with Crippen molar-refractivity contribution in [3.63, 3.8) is 0 Å². The molecule has 66 valence electrons. The van der Waals surface area contributed by atoms with Crippen LogP contribution in [-0.4, -0.2) is 11.7 Å². The van der Waals surface area contributed by atoms with Gasteiger partial charge in [-0.25, -0.2) is 0 Å². The normalized spacial score (nSPS) is 9.83. The van der Waals surface area contributed by atoms with E-state index in [2.05, 4.69) is 5.48 Å². The maximum absolute atomic E-state index is 9.26. The SMILES string of the molecule is CCONc1cc(Cl)ccc1O. The van der Waals surface area contributed by atoms with Gasteiger partial charge in [0.1, 0.15) is 11.4 Å². The molecular formula is C8H10ClNO2. The molecule has 0 fully saturated rings. The maximum atomic E-state index is 9.26. The van der Waals surface area contributed by atoms with Crippen LogP contribution in [0, 0.1) is 0 Å². The van der Waals surface area contributed by atoms with Crippen molar-refractivity contribution in [2.75, 3.05) is 12.1 Å². The van der Waals surface area contributed by atoms with Gasteiger partial charge in [0.05, 0.1) is 6.61 Å². The van der Waals surface area contributed by atoms with Crippen molar-refractivity contribution in [1.82, 2.24) is 0 Å². The zero-order valence-electron chi connectivity index (χ0n) is 6.67. The van der Waals surface area contributed by atoms with Crippen LogP contribution < -0.4 is 5.48 Å². The monoisotopic (exact) mass is 187 g/mol. The minimum Gasteiger partial charge on any atom is -0.506 e. The van der Waals surface area contributed by atoms with Gasteiger partial charge in [-0.15, -0.1) is 0 Å². The molecule has 0 spiro atoms. The Balaban J connectivity index is 2.75. The van der Waals surface area contributed by atoms with Gasteiger partial charge < -0.3 is 5.11 Å². The minimum atomic E-state index is 0.118. The molecule has 4 heteroatoms. The Bertz CT molecular complexity index is 265. The van der Waals surface area contributed by atoms with Crippen LogP contribution in [0.15, 0.2) is 18.2 Å². The summed E-state index contributed by atoms with van der Waals surface area (Å²) in [4.78, 5) is 4.89. The second kappa shape index (κ2) is 4.18.